The fraction of sp³-hybridized carbons (Fsp3) is 0. The Morgan fingerprint density at radius 3 is 1.67 bits per heavy atom. The summed E-state index contributed by atoms with van der Waals surface area (Å²) in [5.41, 5.74) is 17.8. The summed E-state index contributed by atoms with van der Waals surface area (Å²) in [5.74, 6) is 0. The number of hydrogen-bond acceptors (Lipinski definition) is 2. The van der Waals surface area contributed by atoms with Gasteiger partial charge in [0.2, 0.25) is 0 Å². The molecule has 3 heteroatoms. The minimum absolute atomic E-state index is 0.868. The van der Waals surface area contributed by atoms with Gasteiger partial charge in [-0.25, -0.2) is 0 Å². The molecule has 0 bridgehead atoms. The summed E-state index contributed by atoms with van der Waals surface area (Å²) in [6, 6.07) is 87.2. The second kappa shape index (κ2) is 15.3. The largest absolute Gasteiger partial charge is 0.456 e. The minimum atomic E-state index is 0.868. The third-order valence-corrected chi connectivity index (χ3v) is 12.4. The fourth-order valence-corrected chi connectivity index (χ4v) is 9.55. The number of furan rings is 1. The first-order chi connectivity index (χ1) is 31.3. The van der Waals surface area contributed by atoms with Crippen LogP contribution in [0.4, 0.5) is 17.1 Å². The predicted molar refractivity (Wildman–Crippen MR) is 264 cm³/mol. The van der Waals surface area contributed by atoms with Crippen LogP contribution in [0.1, 0.15) is 0 Å². The molecule has 0 unspecified atom stereocenters. The monoisotopic (exact) mass is 804 g/mol. The van der Waals surface area contributed by atoms with E-state index in [1.54, 1.807) is 0 Å². The van der Waals surface area contributed by atoms with E-state index in [2.05, 4.69) is 240 Å². The summed E-state index contributed by atoms with van der Waals surface area (Å²) in [7, 11) is 0. The summed E-state index contributed by atoms with van der Waals surface area (Å²) in [4.78, 5) is 2.42. The molecule has 0 aliphatic carbocycles. The van der Waals surface area contributed by atoms with E-state index in [1.807, 2.05) is 12.1 Å². The zero-order valence-electron chi connectivity index (χ0n) is 34.4. The maximum absolute atomic E-state index is 6.36. The van der Waals surface area contributed by atoms with Gasteiger partial charge in [-0.2, -0.15) is 0 Å². The highest BCUT2D eigenvalue weighted by atomic mass is 16.3. The van der Waals surface area contributed by atoms with Crippen molar-refractivity contribution >= 4 is 60.8 Å². The number of hydrogen-bond donors (Lipinski definition) is 0. The van der Waals surface area contributed by atoms with Gasteiger partial charge in [0.1, 0.15) is 11.2 Å². The third-order valence-electron chi connectivity index (χ3n) is 12.4. The molecule has 3 nitrogen and oxygen atoms in total. The van der Waals surface area contributed by atoms with Gasteiger partial charge in [-0.05, 0) is 112 Å². The molecular formula is C60H40N2O. The molecule has 0 amide bonds. The van der Waals surface area contributed by atoms with E-state index in [-0.39, 0.29) is 0 Å². The number of nitrogens with zero attached hydrogens (tertiary/aromatic N) is 2. The van der Waals surface area contributed by atoms with Crippen LogP contribution >= 0.6 is 0 Å². The Bertz CT molecular complexity index is 3640. The first-order valence-electron chi connectivity index (χ1n) is 21.5. The van der Waals surface area contributed by atoms with Crippen LogP contribution in [-0.2, 0) is 0 Å². The van der Waals surface area contributed by atoms with Gasteiger partial charge >= 0.3 is 0 Å². The number of benzene rings is 10. The summed E-state index contributed by atoms with van der Waals surface area (Å²) >= 11 is 0. The summed E-state index contributed by atoms with van der Waals surface area (Å²) in [5, 5.41) is 4.64. The molecule has 0 aliphatic rings. The van der Waals surface area contributed by atoms with E-state index in [4.69, 9.17) is 4.42 Å². The number of fused-ring (bicyclic) bond motifs is 6. The van der Waals surface area contributed by atoms with Gasteiger partial charge in [-0.15, -0.1) is 0 Å². The van der Waals surface area contributed by atoms with E-state index in [0.717, 1.165) is 66.9 Å². The lowest BCUT2D eigenvalue weighted by atomic mass is 9.88. The number of anilines is 3. The van der Waals surface area contributed by atoms with Crippen LogP contribution in [0.2, 0.25) is 0 Å². The lowest BCUT2D eigenvalue weighted by Gasteiger charge is -2.29. The molecule has 0 atom stereocenters. The molecule has 0 saturated heterocycles. The zero-order chi connectivity index (χ0) is 41.7. The van der Waals surface area contributed by atoms with Crippen LogP contribution in [0.15, 0.2) is 247 Å². The molecule has 63 heavy (non-hydrogen) atoms. The van der Waals surface area contributed by atoms with Crippen LogP contribution in [0.3, 0.4) is 0 Å². The zero-order valence-corrected chi connectivity index (χ0v) is 34.4. The maximum atomic E-state index is 6.36. The predicted octanol–water partition coefficient (Wildman–Crippen LogP) is 16.8. The van der Waals surface area contributed by atoms with Crippen LogP contribution in [0.25, 0.3) is 93.9 Å². The molecule has 0 saturated carbocycles. The molecule has 10 aromatic carbocycles. The third kappa shape index (κ3) is 6.29. The second-order valence-electron chi connectivity index (χ2n) is 16.1. The molecule has 12 aromatic rings. The molecule has 12 rings (SSSR count). The Morgan fingerprint density at radius 2 is 0.857 bits per heavy atom. The van der Waals surface area contributed by atoms with E-state index >= 15 is 0 Å². The van der Waals surface area contributed by atoms with Crippen LogP contribution in [0, 0.1) is 0 Å². The molecule has 2 aromatic heterocycles. The van der Waals surface area contributed by atoms with Gasteiger partial charge in [0.25, 0.3) is 0 Å². The van der Waals surface area contributed by atoms with E-state index in [0.29, 0.717) is 0 Å². The average Bonchev–Trinajstić information content (AvgIpc) is 3.90. The Hall–Kier alpha value is -8.40. The Kier molecular flexibility index (Phi) is 8.83. The number of rotatable bonds is 8. The highest BCUT2D eigenvalue weighted by Gasteiger charge is 2.22. The van der Waals surface area contributed by atoms with Crippen molar-refractivity contribution in [3.63, 3.8) is 0 Å². The van der Waals surface area contributed by atoms with Gasteiger partial charge in [0.15, 0.2) is 0 Å². The molecule has 0 N–H and O–H groups in total. The van der Waals surface area contributed by atoms with Gasteiger partial charge in [0.05, 0.1) is 16.7 Å². The van der Waals surface area contributed by atoms with Crippen molar-refractivity contribution in [1.29, 1.82) is 0 Å². The second-order valence-corrected chi connectivity index (χ2v) is 16.1. The molecule has 296 valence electrons. The van der Waals surface area contributed by atoms with E-state index in [1.165, 1.54) is 44.1 Å². The van der Waals surface area contributed by atoms with Crippen molar-refractivity contribution in [3.05, 3.63) is 243 Å². The van der Waals surface area contributed by atoms with Crippen molar-refractivity contribution in [3.8, 4) is 50.2 Å². The topological polar surface area (TPSA) is 21.3 Å². The summed E-state index contributed by atoms with van der Waals surface area (Å²) in [6.07, 6.45) is 0. The van der Waals surface area contributed by atoms with Gasteiger partial charge in [-0.1, -0.05) is 170 Å². The van der Waals surface area contributed by atoms with Crippen molar-refractivity contribution in [2.75, 3.05) is 4.90 Å². The van der Waals surface area contributed by atoms with Gasteiger partial charge < -0.3 is 13.9 Å². The van der Waals surface area contributed by atoms with Crippen molar-refractivity contribution in [1.82, 2.24) is 4.57 Å². The molecule has 0 fully saturated rings. The minimum Gasteiger partial charge on any atom is -0.456 e. The first kappa shape index (κ1) is 36.5. The quantitative estimate of drug-likeness (QED) is 0.153. The van der Waals surface area contributed by atoms with Crippen molar-refractivity contribution in [2.45, 2.75) is 0 Å². The first-order valence-corrected chi connectivity index (χ1v) is 21.5. The summed E-state index contributed by atoms with van der Waals surface area (Å²) < 4.78 is 8.73. The standard InChI is InChI=1S/C60H40N2O/c1-3-18-41(19-4-1)47-24-7-8-25-48(47)49-26-9-10-27-50(49)51-28-11-14-31-56(51)61(46-35-37-60-55(40-46)53-30-13-16-33-59(53)63-60)45-23-17-20-42(38-45)43-34-36-58-54(39-43)52-29-12-15-32-57(52)62(58)44-21-5-2-6-22-44/h1-40H. The average molecular weight is 805 g/mol. The highest BCUT2D eigenvalue weighted by Crippen LogP contribution is 2.47. The number of aromatic nitrogens is 1. The van der Waals surface area contributed by atoms with Gasteiger partial charge in [-0.3, -0.25) is 0 Å². The van der Waals surface area contributed by atoms with E-state index < -0.39 is 0 Å². The lowest BCUT2D eigenvalue weighted by Crippen LogP contribution is -2.11. The normalized spacial score (nSPS) is 11.5. The molecule has 2 heterocycles. The molecular weight excluding hydrogens is 765 g/mol. The van der Waals surface area contributed by atoms with Crippen LogP contribution < -0.4 is 4.90 Å². The lowest BCUT2D eigenvalue weighted by molar-refractivity contribution is 0.669. The maximum Gasteiger partial charge on any atom is 0.135 e. The Labute approximate surface area is 366 Å². The molecule has 0 spiro atoms. The Balaban J connectivity index is 1.05. The van der Waals surface area contributed by atoms with Crippen molar-refractivity contribution in [2.24, 2.45) is 0 Å². The highest BCUT2D eigenvalue weighted by molar-refractivity contribution is 6.11. The fourth-order valence-electron chi connectivity index (χ4n) is 9.55. The molecule has 0 aliphatic heterocycles. The Morgan fingerprint density at radius 1 is 0.302 bits per heavy atom. The smallest absolute Gasteiger partial charge is 0.135 e. The SMILES string of the molecule is c1ccc(-c2ccccc2-c2ccccc2-c2ccccc2N(c2cccc(-c3ccc4c(c3)c3ccccc3n4-c3ccccc3)c2)c2ccc3oc4ccccc4c3c2)cc1. The summed E-state index contributed by atoms with van der Waals surface area (Å²) in [6.45, 7) is 0. The van der Waals surface area contributed by atoms with Gasteiger partial charge in [0, 0.05) is 44.2 Å². The number of para-hydroxylation sites is 4. The molecule has 0 radical (unpaired) electrons. The van der Waals surface area contributed by atoms with Crippen LogP contribution in [0.5, 0.6) is 0 Å². The van der Waals surface area contributed by atoms with Crippen molar-refractivity contribution < 1.29 is 4.42 Å². The van der Waals surface area contributed by atoms with E-state index in [9.17, 15) is 0 Å². The van der Waals surface area contributed by atoms with Crippen LogP contribution in [-0.4, -0.2) is 4.57 Å².